The van der Waals surface area contributed by atoms with Gasteiger partial charge in [0.25, 0.3) is 0 Å². The minimum atomic E-state index is -1.40. The summed E-state index contributed by atoms with van der Waals surface area (Å²) in [7, 11) is -1.40. The third kappa shape index (κ3) is 3.77. The first-order chi connectivity index (χ1) is 7.85. The van der Waals surface area contributed by atoms with Gasteiger partial charge in [0, 0.05) is 5.56 Å². The first-order valence-corrected chi connectivity index (χ1v) is 9.38. The molecule has 1 nitrogen and oxygen atoms in total. The Labute approximate surface area is 106 Å². The van der Waals surface area contributed by atoms with E-state index in [-0.39, 0.29) is 0 Å². The zero-order chi connectivity index (χ0) is 13.1. The molecule has 0 aliphatic rings. The van der Waals surface area contributed by atoms with E-state index in [0.29, 0.717) is 11.6 Å². The van der Waals surface area contributed by atoms with Gasteiger partial charge in [-0.2, -0.15) is 0 Å². The number of hydrogen-bond acceptors (Lipinski definition) is 0. The lowest BCUT2D eigenvalue weighted by molar-refractivity contribution is 0.864. The Kier molecular flexibility index (Phi) is 4.15. The van der Waals surface area contributed by atoms with Crippen molar-refractivity contribution in [1.82, 2.24) is 0 Å². The molecule has 0 unspecified atom stereocenters. The van der Waals surface area contributed by atoms with E-state index in [1.807, 2.05) is 12.1 Å². The Hall–Kier alpha value is -1.51. The van der Waals surface area contributed by atoms with E-state index >= 15 is 0 Å². The maximum atomic E-state index is 7.23. The highest BCUT2D eigenvalue weighted by Gasteiger charge is 2.11. The molecule has 0 atom stereocenters. The summed E-state index contributed by atoms with van der Waals surface area (Å²) in [4.78, 5) is 3.58. The fraction of sp³-hybridized carbons (Fsp3) is 0.400. The zero-order valence-corrected chi connectivity index (χ0v) is 12.3. The zero-order valence-electron chi connectivity index (χ0n) is 11.3. The Morgan fingerprint density at radius 2 is 1.88 bits per heavy atom. The molecule has 0 N–H and O–H groups in total. The fourth-order valence-corrected chi connectivity index (χ4v) is 2.02. The summed E-state index contributed by atoms with van der Waals surface area (Å²) >= 11 is 0. The lowest BCUT2D eigenvalue weighted by Crippen LogP contribution is -2.16. The van der Waals surface area contributed by atoms with Gasteiger partial charge in [-0.1, -0.05) is 57.6 Å². The Morgan fingerprint density at radius 3 is 2.35 bits per heavy atom. The Bertz CT molecular complexity index is 504. The van der Waals surface area contributed by atoms with Gasteiger partial charge in [0.1, 0.15) is 8.07 Å². The number of benzene rings is 1. The molecule has 0 amide bonds. The molecule has 0 aromatic heterocycles. The van der Waals surface area contributed by atoms with Crippen molar-refractivity contribution in [2.24, 2.45) is 0 Å². The van der Waals surface area contributed by atoms with Gasteiger partial charge in [0.2, 0.25) is 5.69 Å². The molecular formula is C15H19NSi. The van der Waals surface area contributed by atoms with Crippen molar-refractivity contribution < 1.29 is 0 Å². The van der Waals surface area contributed by atoms with Crippen molar-refractivity contribution in [3.8, 4) is 11.5 Å². The minimum Gasteiger partial charge on any atom is -0.237 e. The molecule has 1 aromatic rings. The highest BCUT2D eigenvalue weighted by molar-refractivity contribution is 6.83. The summed E-state index contributed by atoms with van der Waals surface area (Å²) in [6, 6.07) is 5.88. The molecule has 0 bridgehead atoms. The number of rotatable bonds is 1. The fourth-order valence-electron chi connectivity index (χ4n) is 1.52. The van der Waals surface area contributed by atoms with E-state index in [9.17, 15) is 0 Å². The predicted molar refractivity (Wildman–Crippen MR) is 77.0 cm³/mol. The van der Waals surface area contributed by atoms with Crippen LogP contribution in [0.5, 0.6) is 0 Å². The maximum Gasteiger partial charge on any atom is 0.202 e. The molecular weight excluding hydrogens is 222 g/mol. The van der Waals surface area contributed by atoms with Gasteiger partial charge in [0.15, 0.2) is 0 Å². The molecule has 2 heteroatoms. The van der Waals surface area contributed by atoms with Crippen molar-refractivity contribution in [3.63, 3.8) is 0 Å². The summed E-state index contributed by atoms with van der Waals surface area (Å²) in [5.74, 6) is 3.66. The maximum absolute atomic E-state index is 7.23. The summed E-state index contributed by atoms with van der Waals surface area (Å²) in [5, 5.41) is 0. The second-order valence-corrected chi connectivity index (χ2v) is 10.3. The normalized spacial score (nSPS) is 10.6. The predicted octanol–water partition coefficient (Wildman–Crippen LogP) is 4.59. The first kappa shape index (κ1) is 13.6. The van der Waals surface area contributed by atoms with E-state index in [1.54, 1.807) is 0 Å². The van der Waals surface area contributed by atoms with Gasteiger partial charge in [-0.3, -0.25) is 0 Å². The van der Waals surface area contributed by atoms with Crippen LogP contribution in [0.3, 0.4) is 0 Å². The van der Waals surface area contributed by atoms with Crippen molar-refractivity contribution in [1.29, 1.82) is 0 Å². The molecule has 0 radical (unpaired) electrons. The molecule has 0 saturated heterocycles. The van der Waals surface area contributed by atoms with Crippen LogP contribution in [0.4, 0.5) is 5.69 Å². The lowest BCUT2D eigenvalue weighted by Gasteiger charge is -2.11. The third-order valence-corrected chi connectivity index (χ3v) is 3.25. The second kappa shape index (κ2) is 5.21. The SMILES string of the molecule is [C-]#[N+]c1cccc(C(C)C)c1C#C[Si](C)(C)C. The summed E-state index contributed by atoms with van der Waals surface area (Å²) in [5.41, 5.74) is 6.15. The molecule has 1 rings (SSSR count). The summed E-state index contributed by atoms with van der Waals surface area (Å²) in [6.07, 6.45) is 0. The first-order valence-electron chi connectivity index (χ1n) is 5.88. The van der Waals surface area contributed by atoms with Crippen LogP contribution in [0.15, 0.2) is 18.2 Å². The van der Waals surface area contributed by atoms with Crippen molar-refractivity contribution >= 4 is 13.8 Å². The van der Waals surface area contributed by atoms with E-state index in [1.165, 1.54) is 5.56 Å². The summed E-state index contributed by atoms with van der Waals surface area (Å²) in [6.45, 7) is 18.2. The van der Waals surface area contributed by atoms with Crippen LogP contribution in [0, 0.1) is 18.0 Å². The summed E-state index contributed by atoms with van der Waals surface area (Å²) < 4.78 is 0. The van der Waals surface area contributed by atoms with Crippen molar-refractivity contribution in [2.75, 3.05) is 0 Å². The Balaban J connectivity index is 3.38. The van der Waals surface area contributed by atoms with Gasteiger partial charge >= 0.3 is 0 Å². The van der Waals surface area contributed by atoms with Crippen LogP contribution < -0.4 is 0 Å². The quantitative estimate of drug-likeness (QED) is 0.385. The van der Waals surface area contributed by atoms with E-state index in [4.69, 9.17) is 6.57 Å². The third-order valence-electron chi connectivity index (χ3n) is 2.38. The van der Waals surface area contributed by atoms with Crippen LogP contribution in [-0.4, -0.2) is 8.07 Å². The minimum absolute atomic E-state index is 0.405. The van der Waals surface area contributed by atoms with Crippen LogP contribution in [0.2, 0.25) is 19.6 Å². The van der Waals surface area contributed by atoms with Crippen LogP contribution in [0.25, 0.3) is 4.85 Å². The van der Waals surface area contributed by atoms with Crippen molar-refractivity contribution in [2.45, 2.75) is 39.4 Å². The molecule has 0 aliphatic heterocycles. The highest BCUT2D eigenvalue weighted by atomic mass is 28.3. The molecule has 17 heavy (non-hydrogen) atoms. The Morgan fingerprint density at radius 1 is 1.24 bits per heavy atom. The molecule has 0 spiro atoms. The largest absolute Gasteiger partial charge is 0.237 e. The van der Waals surface area contributed by atoms with E-state index in [2.05, 4.69) is 55.9 Å². The standard InChI is InChI=1S/C15H19NSi/c1-12(2)13-8-7-9-15(16-3)14(13)10-11-17(4,5)6/h7-9,12H,1-2,4-6H3. The average molecular weight is 241 g/mol. The van der Waals surface area contributed by atoms with Crippen LogP contribution in [0.1, 0.15) is 30.9 Å². The molecule has 0 fully saturated rings. The van der Waals surface area contributed by atoms with Gasteiger partial charge in [-0.15, -0.1) is 5.54 Å². The van der Waals surface area contributed by atoms with E-state index in [0.717, 1.165) is 5.56 Å². The smallest absolute Gasteiger partial charge is 0.202 e. The molecule has 0 saturated carbocycles. The van der Waals surface area contributed by atoms with Crippen LogP contribution in [-0.2, 0) is 0 Å². The highest BCUT2D eigenvalue weighted by Crippen LogP contribution is 2.27. The molecule has 0 aliphatic carbocycles. The van der Waals surface area contributed by atoms with Gasteiger partial charge in [0.05, 0.1) is 6.57 Å². The molecule has 1 aromatic carbocycles. The number of nitrogens with zero attached hydrogens (tertiary/aromatic N) is 1. The van der Waals surface area contributed by atoms with E-state index < -0.39 is 8.07 Å². The second-order valence-electron chi connectivity index (χ2n) is 5.51. The average Bonchev–Trinajstić information content (AvgIpc) is 2.24. The van der Waals surface area contributed by atoms with Gasteiger partial charge in [-0.05, 0) is 11.5 Å². The van der Waals surface area contributed by atoms with Gasteiger partial charge in [-0.25, -0.2) is 4.85 Å². The number of hydrogen-bond donors (Lipinski definition) is 0. The monoisotopic (exact) mass is 241 g/mol. The molecule has 88 valence electrons. The molecule has 0 heterocycles. The van der Waals surface area contributed by atoms with Crippen molar-refractivity contribution in [3.05, 3.63) is 40.7 Å². The lowest BCUT2D eigenvalue weighted by atomic mass is 9.96. The topological polar surface area (TPSA) is 4.36 Å². The van der Waals surface area contributed by atoms with Crippen LogP contribution >= 0.6 is 0 Å². The van der Waals surface area contributed by atoms with Gasteiger partial charge < -0.3 is 0 Å².